The molecule has 1 aromatic rings. The number of nitrogens with zero attached hydrogens (tertiary/aromatic N) is 3. The maximum absolute atomic E-state index is 11.4. The SMILES string of the molecule is CNc1ncc(C)c(N2CCCC2C(N)=O)n1. The second kappa shape index (κ2) is 4.57. The van der Waals surface area contributed by atoms with Gasteiger partial charge in [-0.1, -0.05) is 0 Å². The van der Waals surface area contributed by atoms with Crippen LogP contribution < -0.4 is 16.0 Å². The van der Waals surface area contributed by atoms with Crippen molar-refractivity contribution >= 4 is 17.7 Å². The third-order valence-electron chi connectivity index (χ3n) is 3.02. The molecule has 0 saturated carbocycles. The number of anilines is 2. The van der Waals surface area contributed by atoms with E-state index < -0.39 is 0 Å². The summed E-state index contributed by atoms with van der Waals surface area (Å²) < 4.78 is 0. The molecule has 3 N–H and O–H groups in total. The van der Waals surface area contributed by atoms with Crippen LogP contribution in [-0.4, -0.2) is 35.5 Å². The molecule has 1 aliphatic rings. The third-order valence-corrected chi connectivity index (χ3v) is 3.02. The van der Waals surface area contributed by atoms with Crippen molar-refractivity contribution in [3.63, 3.8) is 0 Å². The molecule has 1 fully saturated rings. The lowest BCUT2D eigenvalue weighted by Crippen LogP contribution is -2.41. The first kappa shape index (κ1) is 11.6. The molecule has 1 saturated heterocycles. The first-order valence-corrected chi connectivity index (χ1v) is 5.71. The van der Waals surface area contributed by atoms with E-state index in [1.165, 1.54) is 0 Å². The highest BCUT2D eigenvalue weighted by atomic mass is 16.1. The lowest BCUT2D eigenvalue weighted by molar-refractivity contribution is -0.119. The van der Waals surface area contributed by atoms with Crippen molar-refractivity contribution in [3.8, 4) is 0 Å². The van der Waals surface area contributed by atoms with E-state index in [0.717, 1.165) is 30.8 Å². The molecule has 0 bridgehead atoms. The number of nitrogens with one attached hydrogen (secondary N) is 1. The van der Waals surface area contributed by atoms with Gasteiger partial charge in [-0.3, -0.25) is 4.79 Å². The van der Waals surface area contributed by atoms with Crippen LogP contribution in [0.25, 0.3) is 0 Å². The van der Waals surface area contributed by atoms with Crippen molar-refractivity contribution in [1.82, 2.24) is 9.97 Å². The minimum absolute atomic E-state index is 0.242. The molecule has 17 heavy (non-hydrogen) atoms. The molecule has 1 amide bonds. The molecular weight excluding hydrogens is 218 g/mol. The number of hydrogen-bond donors (Lipinski definition) is 2. The normalized spacial score (nSPS) is 19.4. The second-order valence-electron chi connectivity index (χ2n) is 4.20. The smallest absolute Gasteiger partial charge is 0.240 e. The van der Waals surface area contributed by atoms with Crippen LogP contribution >= 0.6 is 0 Å². The number of carbonyl (C=O) groups is 1. The van der Waals surface area contributed by atoms with Gasteiger partial charge >= 0.3 is 0 Å². The number of hydrogen-bond acceptors (Lipinski definition) is 5. The first-order chi connectivity index (χ1) is 8.13. The Morgan fingerprint density at radius 3 is 3.06 bits per heavy atom. The van der Waals surface area contributed by atoms with Crippen LogP contribution in [0, 0.1) is 6.92 Å². The first-order valence-electron chi connectivity index (χ1n) is 5.71. The summed E-state index contributed by atoms with van der Waals surface area (Å²) in [6.07, 6.45) is 3.52. The average molecular weight is 235 g/mol. The standard InChI is InChI=1S/C11H17N5O/c1-7-6-14-11(13-2)15-10(7)16-5-3-4-8(16)9(12)17/h6,8H,3-5H2,1-2H3,(H2,12,17)(H,13,14,15). The number of rotatable bonds is 3. The predicted molar refractivity (Wildman–Crippen MR) is 65.9 cm³/mol. The number of aromatic nitrogens is 2. The Kier molecular flexibility index (Phi) is 3.12. The molecule has 1 atom stereocenters. The minimum Gasteiger partial charge on any atom is -0.368 e. The van der Waals surface area contributed by atoms with Crippen LogP contribution in [0.5, 0.6) is 0 Å². The zero-order chi connectivity index (χ0) is 12.4. The number of amides is 1. The van der Waals surface area contributed by atoms with Crippen LogP contribution in [-0.2, 0) is 4.79 Å². The van der Waals surface area contributed by atoms with Crippen LogP contribution in [0.4, 0.5) is 11.8 Å². The van der Waals surface area contributed by atoms with Crippen molar-refractivity contribution in [3.05, 3.63) is 11.8 Å². The van der Waals surface area contributed by atoms with Gasteiger partial charge in [-0.05, 0) is 19.8 Å². The Balaban J connectivity index is 2.35. The van der Waals surface area contributed by atoms with Crippen LogP contribution in [0.15, 0.2) is 6.20 Å². The molecule has 6 nitrogen and oxygen atoms in total. The fourth-order valence-corrected chi connectivity index (χ4v) is 2.16. The van der Waals surface area contributed by atoms with Crippen molar-refractivity contribution in [1.29, 1.82) is 0 Å². The Labute approximate surface area is 100 Å². The van der Waals surface area contributed by atoms with Crippen LogP contribution in [0.1, 0.15) is 18.4 Å². The van der Waals surface area contributed by atoms with E-state index in [1.807, 2.05) is 11.8 Å². The molecule has 1 unspecified atom stereocenters. The van der Waals surface area contributed by atoms with E-state index in [2.05, 4.69) is 15.3 Å². The molecule has 0 aromatic carbocycles. The van der Waals surface area contributed by atoms with Crippen molar-refractivity contribution in [2.24, 2.45) is 5.73 Å². The molecule has 0 radical (unpaired) electrons. The quantitative estimate of drug-likeness (QED) is 0.786. The summed E-state index contributed by atoms with van der Waals surface area (Å²) in [5.41, 5.74) is 6.36. The minimum atomic E-state index is -0.286. The molecule has 92 valence electrons. The van der Waals surface area contributed by atoms with E-state index in [1.54, 1.807) is 13.2 Å². The Bertz CT molecular complexity index is 434. The zero-order valence-corrected chi connectivity index (χ0v) is 10.1. The van der Waals surface area contributed by atoms with E-state index >= 15 is 0 Å². The third kappa shape index (κ3) is 2.15. The summed E-state index contributed by atoms with van der Waals surface area (Å²) in [5, 5.41) is 2.90. The van der Waals surface area contributed by atoms with E-state index in [0.29, 0.717) is 5.95 Å². The van der Waals surface area contributed by atoms with Gasteiger partial charge in [-0.2, -0.15) is 4.98 Å². The molecule has 1 aliphatic heterocycles. The van der Waals surface area contributed by atoms with Gasteiger partial charge in [0.25, 0.3) is 0 Å². The van der Waals surface area contributed by atoms with Gasteiger partial charge in [0.15, 0.2) is 0 Å². The van der Waals surface area contributed by atoms with Crippen LogP contribution in [0.2, 0.25) is 0 Å². The van der Waals surface area contributed by atoms with Crippen molar-refractivity contribution < 1.29 is 4.79 Å². The summed E-state index contributed by atoms with van der Waals surface area (Å²) in [7, 11) is 1.77. The fourth-order valence-electron chi connectivity index (χ4n) is 2.16. The predicted octanol–water partition coefficient (Wildman–Crippen LogP) is 0.281. The van der Waals surface area contributed by atoms with E-state index in [-0.39, 0.29) is 11.9 Å². The highest BCUT2D eigenvalue weighted by Gasteiger charge is 2.31. The molecule has 0 aliphatic carbocycles. The second-order valence-corrected chi connectivity index (χ2v) is 4.20. The highest BCUT2D eigenvalue weighted by Crippen LogP contribution is 2.26. The van der Waals surface area contributed by atoms with Gasteiger partial charge < -0.3 is 16.0 Å². The molecule has 1 aromatic heterocycles. The Hall–Kier alpha value is -1.85. The number of primary amides is 1. The topological polar surface area (TPSA) is 84.1 Å². The summed E-state index contributed by atoms with van der Waals surface area (Å²) in [6.45, 7) is 2.75. The Morgan fingerprint density at radius 1 is 1.65 bits per heavy atom. The highest BCUT2D eigenvalue weighted by molar-refractivity contribution is 5.84. The molecule has 2 heterocycles. The van der Waals surface area contributed by atoms with E-state index in [4.69, 9.17) is 5.73 Å². The van der Waals surface area contributed by atoms with Crippen LogP contribution in [0.3, 0.4) is 0 Å². The van der Waals surface area contributed by atoms with Gasteiger partial charge in [0.05, 0.1) is 0 Å². The fraction of sp³-hybridized carbons (Fsp3) is 0.545. The lowest BCUT2D eigenvalue weighted by atomic mass is 10.2. The number of nitrogens with two attached hydrogens (primary N) is 1. The summed E-state index contributed by atoms with van der Waals surface area (Å²) in [5.74, 6) is 1.07. The monoisotopic (exact) mass is 235 g/mol. The van der Waals surface area contributed by atoms with E-state index in [9.17, 15) is 4.79 Å². The average Bonchev–Trinajstić information content (AvgIpc) is 2.78. The number of carbonyl (C=O) groups excluding carboxylic acids is 1. The molecule has 2 rings (SSSR count). The summed E-state index contributed by atoms with van der Waals surface area (Å²) in [4.78, 5) is 21.9. The molecule has 0 spiro atoms. The number of aryl methyl sites for hydroxylation is 1. The van der Waals surface area contributed by atoms with Gasteiger partial charge in [0.1, 0.15) is 11.9 Å². The Morgan fingerprint density at radius 2 is 2.41 bits per heavy atom. The zero-order valence-electron chi connectivity index (χ0n) is 10.1. The largest absolute Gasteiger partial charge is 0.368 e. The summed E-state index contributed by atoms with van der Waals surface area (Å²) >= 11 is 0. The lowest BCUT2D eigenvalue weighted by Gasteiger charge is -2.24. The van der Waals surface area contributed by atoms with Gasteiger partial charge in [-0.25, -0.2) is 4.98 Å². The van der Waals surface area contributed by atoms with Gasteiger partial charge in [-0.15, -0.1) is 0 Å². The van der Waals surface area contributed by atoms with Gasteiger partial charge in [0, 0.05) is 25.4 Å². The molecule has 6 heteroatoms. The molecular formula is C11H17N5O. The van der Waals surface area contributed by atoms with Gasteiger partial charge in [0.2, 0.25) is 11.9 Å². The maximum Gasteiger partial charge on any atom is 0.240 e. The van der Waals surface area contributed by atoms with Crippen molar-refractivity contribution in [2.75, 3.05) is 23.8 Å². The van der Waals surface area contributed by atoms with Crippen molar-refractivity contribution in [2.45, 2.75) is 25.8 Å². The summed E-state index contributed by atoms with van der Waals surface area (Å²) in [6, 6.07) is -0.242. The maximum atomic E-state index is 11.4.